The maximum atomic E-state index is 13.2. The van der Waals surface area contributed by atoms with Crippen molar-refractivity contribution in [3.63, 3.8) is 0 Å². The van der Waals surface area contributed by atoms with Gasteiger partial charge >= 0.3 is 0 Å². The van der Waals surface area contributed by atoms with Gasteiger partial charge in [0.25, 0.3) is 5.91 Å². The number of aromatic nitrogens is 4. The molecule has 1 amide bonds. The molecule has 1 unspecified atom stereocenters. The first kappa shape index (κ1) is 17.8. The molecule has 1 fully saturated rings. The maximum absolute atomic E-state index is 13.2. The molecule has 0 aliphatic carbocycles. The van der Waals surface area contributed by atoms with Crippen molar-refractivity contribution >= 4 is 16.9 Å². The van der Waals surface area contributed by atoms with Crippen LogP contribution in [0.3, 0.4) is 0 Å². The summed E-state index contributed by atoms with van der Waals surface area (Å²) in [5.74, 6) is 0.846. The molecule has 142 valence electrons. The minimum absolute atomic E-state index is 0.0249. The number of aromatic amines is 2. The van der Waals surface area contributed by atoms with E-state index in [-0.39, 0.29) is 17.4 Å². The van der Waals surface area contributed by atoms with Crippen LogP contribution in [0.25, 0.3) is 11.0 Å². The number of carbonyl (C=O) groups is 1. The lowest BCUT2D eigenvalue weighted by molar-refractivity contribution is 0.0595. The summed E-state index contributed by atoms with van der Waals surface area (Å²) in [7, 11) is 0. The van der Waals surface area contributed by atoms with Crippen LogP contribution in [0.15, 0.2) is 24.3 Å². The Balaban J connectivity index is 1.65. The molecule has 1 saturated heterocycles. The summed E-state index contributed by atoms with van der Waals surface area (Å²) in [6, 6.07) is 8.05. The van der Waals surface area contributed by atoms with Crippen molar-refractivity contribution in [1.82, 2.24) is 25.1 Å². The molecule has 2 aromatic heterocycles. The van der Waals surface area contributed by atoms with Crippen molar-refractivity contribution in [3.8, 4) is 0 Å². The predicted molar refractivity (Wildman–Crippen MR) is 106 cm³/mol. The highest BCUT2D eigenvalue weighted by Crippen LogP contribution is 2.32. The van der Waals surface area contributed by atoms with Crippen molar-refractivity contribution in [2.75, 3.05) is 6.54 Å². The molecule has 1 atom stereocenters. The van der Waals surface area contributed by atoms with Crippen molar-refractivity contribution < 1.29 is 4.79 Å². The monoisotopic (exact) mass is 365 g/mol. The average molecular weight is 365 g/mol. The molecular weight excluding hydrogens is 338 g/mol. The Labute approximate surface area is 159 Å². The summed E-state index contributed by atoms with van der Waals surface area (Å²) in [5, 5.41) is 7.32. The van der Waals surface area contributed by atoms with Crippen LogP contribution in [-0.2, 0) is 5.41 Å². The molecule has 0 radical (unpaired) electrons. The Morgan fingerprint density at radius 3 is 2.78 bits per heavy atom. The number of imidazole rings is 1. The van der Waals surface area contributed by atoms with E-state index in [4.69, 9.17) is 4.98 Å². The molecule has 0 bridgehead atoms. The highest BCUT2D eigenvalue weighted by atomic mass is 16.2. The molecule has 6 heteroatoms. The average Bonchev–Trinajstić information content (AvgIpc) is 3.27. The molecule has 0 spiro atoms. The maximum Gasteiger partial charge on any atom is 0.274 e. The Morgan fingerprint density at radius 1 is 1.22 bits per heavy atom. The van der Waals surface area contributed by atoms with Gasteiger partial charge in [-0.05, 0) is 49.9 Å². The fourth-order valence-electron chi connectivity index (χ4n) is 3.72. The van der Waals surface area contributed by atoms with E-state index in [1.807, 2.05) is 17.0 Å². The quantitative estimate of drug-likeness (QED) is 0.712. The largest absolute Gasteiger partial charge is 0.340 e. The van der Waals surface area contributed by atoms with Gasteiger partial charge in [-0.15, -0.1) is 0 Å². The fraction of sp³-hybridized carbons (Fsp3) is 0.476. The van der Waals surface area contributed by atoms with Crippen LogP contribution in [0.4, 0.5) is 0 Å². The number of benzene rings is 1. The second kappa shape index (κ2) is 6.51. The van der Waals surface area contributed by atoms with E-state index in [0.29, 0.717) is 5.69 Å². The van der Waals surface area contributed by atoms with E-state index in [1.54, 1.807) is 0 Å². The Hall–Kier alpha value is -2.63. The third-order valence-corrected chi connectivity index (χ3v) is 5.34. The second-order valence-electron chi connectivity index (χ2n) is 8.57. The number of nitrogens with one attached hydrogen (secondary N) is 2. The molecule has 3 aromatic rings. The summed E-state index contributed by atoms with van der Waals surface area (Å²) >= 11 is 0. The van der Waals surface area contributed by atoms with Crippen LogP contribution in [0, 0.1) is 6.92 Å². The van der Waals surface area contributed by atoms with Crippen LogP contribution in [0.1, 0.15) is 73.6 Å². The van der Waals surface area contributed by atoms with Crippen molar-refractivity contribution in [2.45, 2.75) is 58.4 Å². The highest BCUT2D eigenvalue weighted by Gasteiger charge is 2.32. The number of hydrogen-bond acceptors (Lipinski definition) is 3. The van der Waals surface area contributed by atoms with Gasteiger partial charge in [0.1, 0.15) is 11.5 Å². The molecule has 3 heterocycles. The number of likely N-dealkylation sites (tertiary alicyclic amines) is 1. The first-order chi connectivity index (χ1) is 12.8. The Morgan fingerprint density at radius 2 is 2.04 bits per heavy atom. The lowest BCUT2D eigenvalue weighted by Gasteiger charge is -2.34. The number of amides is 1. The van der Waals surface area contributed by atoms with Crippen LogP contribution in [-0.4, -0.2) is 37.5 Å². The van der Waals surface area contributed by atoms with E-state index in [1.165, 1.54) is 5.56 Å². The molecule has 1 aliphatic rings. The van der Waals surface area contributed by atoms with E-state index in [0.717, 1.165) is 48.4 Å². The second-order valence-corrected chi connectivity index (χ2v) is 8.57. The Bertz CT molecular complexity index is 978. The number of H-pyrrole nitrogens is 2. The summed E-state index contributed by atoms with van der Waals surface area (Å²) in [5.41, 5.74) is 4.56. The number of fused-ring (bicyclic) bond motifs is 1. The molecule has 27 heavy (non-hydrogen) atoms. The minimum Gasteiger partial charge on any atom is -0.340 e. The van der Waals surface area contributed by atoms with Gasteiger partial charge < -0.3 is 9.88 Å². The molecule has 1 aliphatic heterocycles. The van der Waals surface area contributed by atoms with Gasteiger partial charge in [0.15, 0.2) is 0 Å². The standard InChI is InChI=1S/C21H27N5O/c1-13-8-9-14-15(11-13)23-19(22-14)17-7-5-6-10-26(17)20(27)16-12-18(25-24-16)21(2,3)4/h8-9,11-12,17H,5-7,10H2,1-4H3,(H,22,23)(H,24,25). The van der Waals surface area contributed by atoms with Crippen molar-refractivity contribution in [2.24, 2.45) is 0 Å². The van der Waals surface area contributed by atoms with Gasteiger partial charge in [0.2, 0.25) is 0 Å². The summed E-state index contributed by atoms with van der Waals surface area (Å²) < 4.78 is 0. The zero-order valence-electron chi connectivity index (χ0n) is 16.5. The van der Waals surface area contributed by atoms with Crippen LogP contribution < -0.4 is 0 Å². The minimum atomic E-state index is -0.0660. The van der Waals surface area contributed by atoms with Crippen LogP contribution in [0.5, 0.6) is 0 Å². The van der Waals surface area contributed by atoms with Gasteiger partial charge in [-0.1, -0.05) is 26.8 Å². The zero-order chi connectivity index (χ0) is 19.2. The number of rotatable bonds is 2. The smallest absolute Gasteiger partial charge is 0.274 e. The zero-order valence-corrected chi connectivity index (χ0v) is 16.5. The molecule has 0 saturated carbocycles. The number of aryl methyl sites for hydroxylation is 1. The summed E-state index contributed by atoms with van der Waals surface area (Å²) in [4.78, 5) is 23.3. The van der Waals surface area contributed by atoms with Gasteiger partial charge in [-0.3, -0.25) is 9.89 Å². The fourth-order valence-corrected chi connectivity index (χ4v) is 3.72. The molecule has 2 N–H and O–H groups in total. The van der Waals surface area contributed by atoms with E-state index >= 15 is 0 Å². The van der Waals surface area contributed by atoms with Gasteiger partial charge in [-0.25, -0.2) is 4.98 Å². The molecule has 4 rings (SSSR count). The number of carbonyl (C=O) groups excluding carboxylic acids is 1. The summed E-state index contributed by atoms with van der Waals surface area (Å²) in [6.07, 6.45) is 3.03. The third kappa shape index (κ3) is 3.36. The highest BCUT2D eigenvalue weighted by molar-refractivity contribution is 5.92. The van der Waals surface area contributed by atoms with E-state index in [9.17, 15) is 4.79 Å². The topological polar surface area (TPSA) is 77.7 Å². The van der Waals surface area contributed by atoms with Gasteiger partial charge in [0.05, 0.1) is 17.1 Å². The normalized spacial score (nSPS) is 18.2. The van der Waals surface area contributed by atoms with Crippen LogP contribution >= 0.6 is 0 Å². The predicted octanol–water partition coefficient (Wildman–Crippen LogP) is 4.26. The van der Waals surface area contributed by atoms with E-state index < -0.39 is 0 Å². The number of piperidine rings is 1. The Kier molecular flexibility index (Phi) is 4.29. The first-order valence-electron chi connectivity index (χ1n) is 9.66. The van der Waals surface area contributed by atoms with Crippen molar-refractivity contribution in [3.05, 3.63) is 47.0 Å². The lowest BCUT2D eigenvalue weighted by Crippen LogP contribution is -2.39. The van der Waals surface area contributed by atoms with Gasteiger partial charge in [-0.2, -0.15) is 5.10 Å². The first-order valence-corrected chi connectivity index (χ1v) is 9.66. The van der Waals surface area contributed by atoms with E-state index in [2.05, 4.69) is 55.0 Å². The summed E-state index contributed by atoms with van der Waals surface area (Å²) in [6.45, 7) is 9.12. The molecule has 1 aromatic carbocycles. The molecule has 6 nitrogen and oxygen atoms in total. The van der Waals surface area contributed by atoms with Crippen LogP contribution in [0.2, 0.25) is 0 Å². The molecular formula is C21H27N5O. The van der Waals surface area contributed by atoms with Gasteiger partial charge in [0, 0.05) is 17.7 Å². The SMILES string of the molecule is Cc1ccc2nc(C3CCCCN3C(=O)c3cc(C(C)(C)C)[nH]n3)[nH]c2c1. The lowest BCUT2D eigenvalue weighted by atomic mass is 9.92. The number of nitrogens with zero attached hydrogens (tertiary/aromatic N) is 3. The third-order valence-electron chi connectivity index (χ3n) is 5.34. The number of hydrogen-bond donors (Lipinski definition) is 2. The van der Waals surface area contributed by atoms with Crippen molar-refractivity contribution in [1.29, 1.82) is 0 Å².